The van der Waals surface area contributed by atoms with Crippen molar-refractivity contribution in [2.24, 2.45) is 5.41 Å². The van der Waals surface area contributed by atoms with Crippen LogP contribution in [0.5, 0.6) is 0 Å². The molecule has 1 aliphatic heterocycles. The van der Waals surface area contributed by atoms with Gasteiger partial charge in [0.15, 0.2) is 0 Å². The van der Waals surface area contributed by atoms with Crippen LogP contribution in [0.4, 0.5) is 0 Å². The number of rotatable bonds is 2. The molecule has 0 aromatic rings. The number of hydrogen-bond donors (Lipinski definition) is 0. The summed E-state index contributed by atoms with van der Waals surface area (Å²) in [7, 11) is 1.33. The number of carbonyl (C=O) groups excluding carboxylic acids is 2. The van der Waals surface area contributed by atoms with E-state index in [2.05, 4.69) is 4.74 Å². The molecule has 1 amide bonds. The van der Waals surface area contributed by atoms with Gasteiger partial charge in [-0.15, -0.1) is 0 Å². The summed E-state index contributed by atoms with van der Waals surface area (Å²) >= 11 is 0. The first kappa shape index (κ1) is 10.0. The van der Waals surface area contributed by atoms with Crippen molar-refractivity contribution >= 4 is 11.9 Å². The van der Waals surface area contributed by atoms with E-state index < -0.39 is 0 Å². The highest BCUT2D eigenvalue weighted by Gasteiger charge is 2.36. The first-order chi connectivity index (χ1) is 5.94. The minimum absolute atomic E-state index is 0.00882. The quantitative estimate of drug-likeness (QED) is 0.586. The van der Waals surface area contributed by atoms with Crippen LogP contribution >= 0.6 is 0 Å². The molecule has 0 saturated carbocycles. The second-order valence-corrected chi connectivity index (χ2v) is 4.17. The van der Waals surface area contributed by atoms with E-state index in [1.165, 1.54) is 7.11 Å². The first-order valence-corrected chi connectivity index (χ1v) is 4.29. The van der Waals surface area contributed by atoms with Gasteiger partial charge in [0.2, 0.25) is 5.91 Å². The molecule has 1 saturated heterocycles. The van der Waals surface area contributed by atoms with Crippen molar-refractivity contribution in [1.29, 1.82) is 0 Å². The van der Waals surface area contributed by atoms with Gasteiger partial charge in [0.25, 0.3) is 0 Å². The molecule has 4 heteroatoms. The van der Waals surface area contributed by atoms with Gasteiger partial charge in [-0.25, -0.2) is 0 Å². The largest absolute Gasteiger partial charge is 0.468 e. The summed E-state index contributed by atoms with van der Waals surface area (Å²) < 4.78 is 4.50. The molecule has 0 radical (unpaired) electrons. The van der Waals surface area contributed by atoms with Crippen LogP contribution in [0.15, 0.2) is 0 Å². The number of carbonyl (C=O) groups is 2. The summed E-state index contributed by atoms with van der Waals surface area (Å²) in [6.45, 7) is 4.75. The number of hydrogen-bond acceptors (Lipinski definition) is 3. The molecule has 1 rings (SSSR count). The van der Waals surface area contributed by atoms with E-state index in [4.69, 9.17) is 0 Å². The van der Waals surface area contributed by atoms with E-state index in [0.717, 1.165) is 0 Å². The minimum Gasteiger partial charge on any atom is -0.468 e. The van der Waals surface area contributed by atoms with Crippen LogP contribution in [0, 0.1) is 5.41 Å². The van der Waals surface area contributed by atoms with Crippen molar-refractivity contribution in [3.63, 3.8) is 0 Å². The number of likely N-dealkylation sites (tertiary alicyclic amines) is 1. The topological polar surface area (TPSA) is 46.6 Å². The summed E-state index contributed by atoms with van der Waals surface area (Å²) in [5.41, 5.74) is -0.00882. The van der Waals surface area contributed by atoms with Crippen molar-refractivity contribution in [3.8, 4) is 0 Å². The van der Waals surface area contributed by atoms with Gasteiger partial charge in [-0.05, 0) is 5.41 Å². The normalized spacial score (nSPS) is 20.5. The Balaban J connectivity index is 2.54. The second kappa shape index (κ2) is 3.36. The van der Waals surface area contributed by atoms with Gasteiger partial charge < -0.3 is 9.64 Å². The SMILES string of the molecule is COC(=O)CN1CC(C)(C)CC1=O. The van der Waals surface area contributed by atoms with Crippen LogP contribution in [-0.4, -0.2) is 37.0 Å². The fourth-order valence-electron chi connectivity index (χ4n) is 1.55. The Hall–Kier alpha value is -1.06. The summed E-state index contributed by atoms with van der Waals surface area (Å²) in [4.78, 5) is 23.8. The van der Waals surface area contributed by atoms with E-state index in [1.807, 2.05) is 13.8 Å². The Bertz CT molecular complexity index is 235. The highest BCUT2D eigenvalue weighted by molar-refractivity contribution is 5.84. The Morgan fingerprint density at radius 2 is 2.23 bits per heavy atom. The van der Waals surface area contributed by atoms with Gasteiger partial charge in [0.1, 0.15) is 6.54 Å². The lowest BCUT2D eigenvalue weighted by molar-refractivity contribution is -0.145. The lowest BCUT2D eigenvalue weighted by atomic mass is 9.93. The molecule has 13 heavy (non-hydrogen) atoms. The van der Waals surface area contributed by atoms with Crippen LogP contribution in [0.1, 0.15) is 20.3 Å². The zero-order valence-electron chi connectivity index (χ0n) is 8.29. The van der Waals surface area contributed by atoms with Crippen molar-refractivity contribution < 1.29 is 14.3 Å². The Kier molecular flexibility index (Phi) is 2.59. The molecule has 0 spiro atoms. The molecule has 0 N–H and O–H groups in total. The van der Waals surface area contributed by atoms with Crippen LogP contribution in [0.3, 0.4) is 0 Å². The molecule has 0 aromatic carbocycles. The second-order valence-electron chi connectivity index (χ2n) is 4.17. The third-order valence-corrected chi connectivity index (χ3v) is 2.15. The van der Waals surface area contributed by atoms with E-state index >= 15 is 0 Å². The third-order valence-electron chi connectivity index (χ3n) is 2.15. The van der Waals surface area contributed by atoms with E-state index in [9.17, 15) is 9.59 Å². The highest BCUT2D eigenvalue weighted by atomic mass is 16.5. The maximum atomic E-state index is 11.4. The monoisotopic (exact) mass is 185 g/mol. The predicted octanol–water partition coefficient (Wildman–Crippen LogP) is 0.418. The standard InChI is InChI=1S/C9H15NO3/c1-9(2)4-7(11)10(6-9)5-8(12)13-3/h4-6H2,1-3H3. The van der Waals surface area contributed by atoms with Crippen LogP contribution in [-0.2, 0) is 14.3 Å². The lowest BCUT2D eigenvalue weighted by Gasteiger charge is -2.18. The lowest BCUT2D eigenvalue weighted by Crippen LogP contribution is -2.32. The van der Waals surface area contributed by atoms with Gasteiger partial charge in [0, 0.05) is 13.0 Å². The zero-order valence-corrected chi connectivity index (χ0v) is 8.29. The third kappa shape index (κ3) is 2.44. The molecule has 74 valence electrons. The van der Waals surface area contributed by atoms with Gasteiger partial charge in [-0.2, -0.15) is 0 Å². The number of ether oxygens (including phenoxy) is 1. The Morgan fingerprint density at radius 1 is 1.62 bits per heavy atom. The van der Waals surface area contributed by atoms with Gasteiger partial charge in [-0.1, -0.05) is 13.8 Å². The molecule has 0 aromatic heterocycles. The molecule has 0 aliphatic carbocycles. The van der Waals surface area contributed by atoms with Crippen LogP contribution in [0.2, 0.25) is 0 Å². The molecule has 0 atom stereocenters. The smallest absolute Gasteiger partial charge is 0.325 e. The number of amides is 1. The molecule has 0 unspecified atom stereocenters. The number of methoxy groups -OCH3 is 1. The summed E-state index contributed by atoms with van der Waals surface area (Å²) in [6.07, 6.45) is 0.518. The van der Waals surface area contributed by atoms with Crippen LogP contribution in [0.25, 0.3) is 0 Å². The van der Waals surface area contributed by atoms with Crippen molar-refractivity contribution in [1.82, 2.24) is 4.90 Å². The maximum absolute atomic E-state index is 11.4. The van der Waals surface area contributed by atoms with Gasteiger partial charge in [0.05, 0.1) is 7.11 Å². The highest BCUT2D eigenvalue weighted by Crippen LogP contribution is 2.29. The zero-order chi connectivity index (χ0) is 10.1. The number of nitrogens with zero attached hydrogens (tertiary/aromatic N) is 1. The summed E-state index contributed by atoms with van der Waals surface area (Å²) in [5.74, 6) is -0.318. The van der Waals surface area contributed by atoms with Gasteiger partial charge in [-0.3, -0.25) is 9.59 Å². The summed E-state index contributed by atoms with van der Waals surface area (Å²) in [6, 6.07) is 0. The van der Waals surface area contributed by atoms with Crippen LogP contribution < -0.4 is 0 Å². The van der Waals surface area contributed by atoms with Crippen molar-refractivity contribution in [3.05, 3.63) is 0 Å². The fourth-order valence-corrected chi connectivity index (χ4v) is 1.55. The van der Waals surface area contributed by atoms with E-state index in [-0.39, 0.29) is 23.8 Å². The molecular weight excluding hydrogens is 170 g/mol. The minimum atomic E-state index is -0.356. The predicted molar refractivity (Wildman–Crippen MR) is 47.0 cm³/mol. The average Bonchev–Trinajstić information content (AvgIpc) is 2.24. The van der Waals surface area contributed by atoms with E-state index in [0.29, 0.717) is 13.0 Å². The molecule has 1 heterocycles. The molecule has 1 fully saturated rings. The Morgan fingerprint density at radius 3 is 2.62 bits per heavy atom. The van der Waals surface area contributed by atoms with Gasteiger partial charge >= 0.3 is 5.97 Å². The van der Waals surface area contributed by atoms with E-state index in [1.54, 1.807) is 4.90 Å². The molecular formula is C9H15NO3. The Labute approximate surface area is 77.8 Å². The van der Waals surface area contributed by atoms with Crippen molar-refractivity contribution in [2.75, 3.05) is 20.2 Å². The average molecular weight is 185 g/mol. The summed E-state index contributed by atoms with van der Waals surface area (Å²) in [5, 5.41) is 0. The van der Waals surface area contributed by atoms with Crippen molar-refractivity contribution in [2.45, 2.75) is 20.3 Å². The molecule has 0 bridgehead atoms. The fraction of sp³-hybridized carbons (Fsp3) is 0.778. The molecule has 1 aliphatic rings. The molecule has 4 nitrogen and oxygen atoms in total. The maximum Gasteiger partial charge on any atom is 0.325 e. The number of esters is 1. The first-order valence-electron chi connectivity index (χ1n) is 4.29.